The van der Waals surface area contributed by atoms with Crippen LogP contribution in [0.4, 0.5) is 4.79 Å². The van der Waals surface area contributed by atoms with Gasteiger partial charge in [-0.3, -0.25) is 4.79 Å². The molecule has 27 heavy (non-hydrogen) atoms. The molecule has 2 atom stereocenters. The molecule has 0 saturated carbocycles. The molecule has 8 heteroatoms. The van der Waals surface area contributed by atoms with Crippen molar-refractivity contribution in [3.05, 3.63) is 35.9 Å². The summed E-state index contributed by atoms with van der Waals surface area (Å²) in [5.74, 6) is -0.668. The second kappa shape index (κ2) is 10.8. The van der Waals surface area contributed by atoms with E-state index in [0.29, 0.717) is 12.2 Å². The summed E-state index contributed by atoms with van der Waals surface area (Å²) >= 11 is 4.10. The molecule has 0 heterocycles. The fourth-order valence-electron chi connectivity index (χ4n) is 2.30. The normalized spacial score (nSPS) is 13.2. The maximum absolute atomic E-state index is 12.7. The lowest BCUT2D eigenvalue weighted by Crippen LogP contribution is -2.53. The Hall–Kier alpha value is -2.22. The van der Waals surface area contributed by atoms with Gasteiger partial charge in [-0.05, 0) is 38.5 Å². The molecule has 2 amide bonds. The van der Waals surface area contributed by atoms with Crippen LogP contribution >= 0.6 is 12.6 Å². The molecule has 0 radical (unpaired) electrons. The first-order chi connectivity index (χ1) is 12.7. The van der Waals surface area contributed by atoms with E-state index in [0.717, 1.165) is 5.56 Å². The lowest BCUT2D eigenvalue weighted by atomic mass is 10.0. The zero-order chi connectivity index (χ0) is 20.4. The summed E-state index contributed by atoms with van der Waals surface area (Å²) in [6.45, 7) is 5.20. The summed E-state index contributed by atoms with van der Waals surface area (Å²) in [6, 6.07) is 7.50. The Morgan fingerprint density at radius 3 is 2.22 bits per heavy atom. The van der Waals surface area contributed by atoms with E-state index in [9.17, 15) is 14.4 Å². The van der Waals surface area contributed by atoms with E-state index in [1.165, 1.54) is 7.11 Å². The summed E-state index contributed by atoms with van der Waals surface area (Å²) in [6.07, 6.45) is -0.144. The zero-order valence-electron chi connectivity index (χ0n) is 16.2. The predicted molar refractivity (Wildman–Crippen MR) is 106 cm³/mol. The molecule has 1 rings (SSSR count). The third-order valence-corrected chi connectivity index (χ3v) is 3.77. The van der Waals surface area contributed by atoms with Gasteiger partial charge in [0.2, 0.25) is 5.91 Å². The fraction of sp³-hybridized carbons (Fsp3) is 0.526. The third kappa shape index (κ3) is 8.81. The topological polar surface area (TPSA) is 93.7 Å². The van der Waals surface area contributed by atoms with E-state index in [1.54, 1.807) is 20.8 Å². The Kier molecular flexibility index (Phi) is 9.14. The van der Waals surface area contributed by atoms with E-state index >= 15 is 0 Å². The number of carbonyl (C=O) groups excluding carboxylic acids is 3. The largest absolute Gasteiger partial charge is 0.467 e. The number of carbonyl (C=O) groups is 3. The Balaban J connectivity index is 2.92. The van der Waals surface area contributed by atoms with Crippen molar-refractivity contribution in [2.24, 2.45) is 0 Å². The van der Waals surface area contributed by atoms with Crippen LogP contribution in [0, 0.1) is 0 Å². The number of esters is 1. The van der Waals surface area contributed by atoms with Crippen molar-refractivity contribution >= 4 is 30.6 Å². The highest BCUT2D eigenvalue weighted by Crippen LogP contribution is 2.09. The zero-order valence-corrected chi connectivity index (χ0v) is 17.0. The van der Waals surface area contributed by atoms with Gasteiger partial charge in [-0.1, -0.05) is 30.3 Å². The number of thiol groups is 1. The lowest BCUT2D eigenvalue weighted by Gasteiger charge is -2.24. The standard InChI is InChI=1S/C19H28N2O5S/c1-19(2,3)26-18(24)21-15(12-13-8-6-5-7-9-13)16(22)20-14(10-11-27)17(23)25-4/h5-9,14-15,27H,10-12H2,1-4H3,(H,20,22)(H,21,24). The number of methoxy groups -OCH3 is 1. The van der Waals surface area contributed by atoms with Gasteiger partial charge < -0.3 is 20.1 Å². The van der Waals surface area contributed by atoms with Crippen molar-refractivity contribution < 1.29 is 23.9 Å². The van der Waals surface area contributed by atoms with E-state index in [2.05, 4.69) is 23.3 Å². The van der Waals surface area contributed by atoms with E-state index in [1.807, 2.05) is 30.3 Å². The summed E-state index contributed by atoms with van der Waals surface area (Å²) in [5, 5.41) is 5.21. The molecule has 2 unspecified atom stereocenters. The average molecular weight is 397 g/mol. The molecular weight excluding hydrogens is 368 g/mol. The summed E-state index contributed by atoms with van der Waals surface area (Å²) in [7, 11) is 1.25. The fourth-order valence-corrected chi connectivity index (χ4v) is 2.56. The number of benzene rings is 1. The Morgan fingerprint density at radius 2 is 1.70 bits per heavy atom. The molecule has 0 saturated heterocycles. The SMILES string of the molecule is COC(=O)C(CCS)NC(=O)C(Cc1ccccc1)NC(=O)OC(C)(C)C. The second-order valence-corrected chi connectivity index (χ2v) is 7.43. The molecule has 1 aromatic rings. The predicted octanol–water partition coefficient (Wildman–Crippen LogP) is 2.10. The molecule has 0 fully saturated rings. The average Bonchev–Trinajstić information content (AvgIpc) is 2.59. The molecule has 150 valence electrons. The number of rotatable bonds is 8. The van der Waals surface area contributed by atoms with Crippen LogP contribution in [0.1, 0.15) is 32.8 Å². The van der Waals surface area contributed by atoms with Crippen molar-refractivity contribution in [1.29, 1.82) is 0 Å². The Labute approximate surface area is 165 Å². The number of ether oxygens (including phenoxy) is 2. The summed E-state index contributed by atoms with van der Waals surface area (Å²) in [4.78, 5) is 36.7. The van der Waals surface area contributed by atoms with Crippen molar-refractivity contribution in [1.82, 2.24) is 10.6 Å². The lowest BCUT2D eigenvalue weighted by molar-refractivity contribution is -0.145. The quantitative estimate of drug-likeness (QED) is 0.462. The van der Waals surface area contributed by atoms with Gasteiger partial charge in [0.25, 0.3) is 0 Å². The summed E-state index contributed by atoms with van der Waals surface area (Å²) < 4.78 is 9.95. The first-order valence-electron chi connectivity index (χ1n) is 8.68. The Bertz CT molecular complexity index is 631. The highest BCUT2D eigenvalue weighted by Gasteiger charge is 2.28. The molecule has 0 aliphatic carbocycles. The van der Waals surface area contributed by atoms with Crippen LogP contribution in [-0.4, -0.2) is 48.5 Å². The Morgan fingerprint density at radius 1 is 1.07 bits per heavy atom. The minimum Gasteiger partial charge on any atom is -0.467 e. The first kappa shape index (κ1) is 22.8. The molecule has 0 aromatic heterocycles. The van der Waals surface area contributed by atoms with Crippen molar-refractivity contribution in [3.63, 3.8) is 0 Å². The maximum atomic E-state index is 12.7. The van der Waals surface area contributed by atoms with Crippen molar-refractivity contribution in [2.45, 2.75) is 51.3 Å². The highest BCUT2D eigenvalue weighted by atomic mass is 32.1. The molecule has 0 spiro atoms. The highest BCUT2D eigenvalue weighted by molar-refractivity contribution is 7.80. The first-order valence-corrected chi connectivity index (χ1v) is 9.32. The van der Waals surface area contributed by atoms with Gasteiger partial charge in [0.15, 0.2) is 0 Å². The van der Waals surface area contributed by atoms with Gasteiger partial charge in [-0.2, -0.15) is 12.6 Å². The van der Waals surface area contributed by atoms with Crippen LogP contribution in [0.15, 0.2) is 30.3 Å². The number of amides is 2. The monoisotopic (exact) mass is 396 g/mol. The third-order valence-electron chi connectivity index (χ3n) is 3.51. The van der Waals surface area contributed by atoms with Gasteiger partial charge in [0.1, 0.15) is 17.7 Å². The van der Waals surface area contributed by atoms with Gasteiger partial charge in [-0.25, -0.2) is 9.59 Å². The second-order valence-electron chi connectivity index (χ2n) is 6.99. The molecule has 0 aliphatic heterocycles. The van der Waals surface area contributed by atoms with Crippen LogP contribution in [0.5, 0.6) is 0 Å². The van der Waals surface area contributed by atoms with Crippen molar-refractivity contribution in [3.8, 4) is 0 Å². The molecule has 1 aromatic carbocycles. The minimum absolute atomic E-state index is 0.251. The molecular formula is C19H28N2O5S. The smallest absolute Gasteiger partial charge is 0.408 e. The van der Waals surface area contributed by atoms with Gasteiger partial charge in [0.05, 0.1) is 7.11 Å². The number of hydrogen-bond donors (Lipinski definition) is 3. The van der Waals surface area contributed by atoms with Crippen LogP contribution < -0.4 is 10.6 Å². The molecule has 0 aliphatic rings. The van der Waals surface area contributed by atoms with Gasteiger partial charge in [-0.15, -0.1) is 0 Å². The van der Waals surface area contributed by atoms with Crippen LogP contribution in [0.3, 0.4) is 0 Å². The summed E-state index contributed by atoms with van der Waals surface area (Å²) in [5.41, 5.74) is 0.163. The maximum Gasteiger partial charge on any atom is 0.408 e. The van der Waals surface area contributed by atoms with E-state index in [4.69, 9.17) is 9.47 Å². The number of hydrogen-bond acceptors (Lipinski definition) is 6. The van der Waals surface area contributed by atoms with Crippen molar-refractivity contribution in [2.75, 3.05) is 12.9 Å². The molecule has 7 nitrogen and oxygen atoms in total. The van der Waals surface area contributed by atoms with Gasteiger partial charge >= 0.3 is 12.1 Å². The number of nitrogens with one attached hydrogen (secondary N) is 2. The van der Waals surface area contributed by atoms with Crippen LogP contribution in [0.25, 0.3) is 0 Å². The van der Waals surface area contributed by atoms with E-state index < -0.39 is 35.7 Å². The van der Waals surface area contributed by atoms with E-state index in [-0.39, 0.29) is 6.42 Å². The number of alkyl carbamates (subject to hydrolysis) is 1. The van der Waals surface area contributed by atoms with Gasteiger partial charge in [0, 0.05) is 6.42 Å². The van der Waals surface area contributed by atoms with Crippen LogP contribution in [0.2, 0.25) is 0 Å². The molecule has 0 bridgehead atoms. The molecule has 2 N–H and O–H groups in total. The van der Waals surface area contributed by atoms with Crippen LogP contribution in [-0.2, 0) is 25.5 Å². The minimum atomic E-state index is -0.908.